The molecule has 0 aliphatic heterocycles. The van der Waals surface area contributed by atoms with Crippen molar-refractivity contribution in [3.8, 4) is 0 Å². The Morgan fingerprint density at radius 1 is 1.21 bits per heavy atom. The lowest BCUT2D eigenvalue weighted by molar-refractivity contribution is -0.135. The van der Waals surface area contributed by atoms with Gasteiger partial charge in [-0.2, -0.15) is 0 Å². The molecule has 0 atom stereocenters. The minimum atomic E-state index is -0.516. The number of nitrogens with zero attached hydrogens (tertiary/aromatic N) is 1. The average Bonchev–Trinajstić information content (AvgIpc) is 2.37. The number of amides is 2. The fourth-order valence-electron chi connectivity index (χ4n) is 1.64. The van der Waals surface area contributed by atoms with E-state index in [9.17, 15) is 9.59 Å². The molecule has 4 N–H and O–H groups in total. The van der Waals surface area contributed by atoms with E-state index in [1.807, 2.05) is 24.3 Å². The Labute approximate surface area is 121 Å². The van der Waals surface area contributed by atoms with E-state index in [-0.39, 0.29) is 12.5 Å². The third-order valence-electron chi connectivity index (χ3n) is 2.58. The number of hydrogen-bond donors (Lipinski definition) is 2. The molecule has 0 heterocycles. The molecule has 0 aliphatic rings. The van der Waals surface area contributed by atoms with Gasteiger partial charge in [0.1, 0.15) is 0 Å². The number of primary amides is 1. The third-order valence-corrected chi connectivity index (χ3v) is 3.11. The maximum atomic E-state index is 12.0. The normalized spacial score (nSPS) is 10.2. The van der Waals surface area contributed by atoms with Crippen molar-refractivity contribution in [2.24, 2.45) is 11.5 Å². The van der Waals surface area contributed by atoms with Gasteiger partial charge in [-0.15, -0.1) is 0 Å². The molecule has 2 amide bonds. The van der Waals surface area contributed by atoms with Crippen molar-refractivity contribution in [1.82, 2.24) is 4.90 Å². The van der Waals surface area contributed by atoms with Crippen LogP contribution in [0.25, 0.3) is 0 Å². The van der Waals surface area contributed by atoms with Gasteiger partial charge in [-0.1, -0.05) is 28.1 Å². The van der Waals surface area contributed by atoms with E-state index in [1.54, 1.807) is 0 Å². The maximum absolute atomic E-state index is 12.0. The molecule has 0 saturated heterocycles. The molecule has 19 heavy (non-hydrogen) atoms. The van der Waals surface area contributed by atoms with Crippen molar-refractivity contribution in [2.45, 2.75) is 19.4 Å². The lowest BCUT2D eigenvalue weighted by Crippen LogP contribution is -2.38. The Balaban J connectivity index is 2.70. The summed E-state index contributed by atoms with van der Waals surface area (Å²) in [6, 6.07) is 7.58. The van der Waals surface area contributed by atoms with Crippen LogP contribution in [0, 0.1) is 0 Å². The Hall–Kier alpha value is -1.40. The highest BCUT2D eigenvalue weighted by Crippen LogP contribution is 2.13. The highest BCUT2D eigenvalue weighted by molar-refractivity contribution is 9.10. The summed E-state index contributed by atoms with van der Waals surface area (Å²) >= 11 is 3.35. The van der Waals surface area contributed by atoms with Gasteiger partial charge in [-0.3, -0.25) is 9.59 Å². The largest absolute Gasteiger partial charge is 0.368 e. The van der Waals surface area contributed by atoms with Crippen molar-refractivity contribution >= 4 is 27.7 Å². The lowest BCUT2D eigenvalue weighted by Gasteiger charge is -2.21. The summed E-state index contributed by atoms with van der Waals surface area (Å²) in [7, 11) is 0. The van der Waals surface area contributed by atoms with E-state index < -0.39 is 5.91 Å². The van der Waals surface area contributed by atoms with Crippen LogP contribution in [0.5, 0.6) is 0 Å². The van der Waals surface area contributed by atoms with Gasteiger partial charge in [-0.05, 0) is 30.7 Å². The molecule has 104 valence electrons. The minimum absolute atomic E-state index is 0.0700. The van der Waals surface area contributed by atoms with Crippen molar-refractivity contribution < 1.29 is 9.59 Å². The molecule has 1 aromatic rings. The van der Waals surface area contributed by atoms with Crippen molar-refractivity contribution in [2.75, 3.05) is 13.1 Å². The van der Waals surface area contributed by atoms with E-state index in [1.165, 1.54) is 4.90 Å². The summed E-state index contributed by atoms with van der Waals surface area (Å²) in [5, 5.41) is 0. The van der Waals surface area contributed by atoms with Crippen molar-refractivity contribution in [3.63, 3.8) is 0 Å². The van der Waals surface area contributed by atoms with Gasteiger partial charge in [0.15, 0.2) is 0 Å². The molecule has 6 heteroatoms. The predicted molar refractivity (Wildman–Crippen MR) is 77.0 cm³/mol. The SMILES string of the molecule is NCCCC(=O)N(CC(N)=O)Cc1ccc(Br)cc1. The molecule has 0 aliphatic carbocycles. The molecule has 5 nitrogen and oxygen atoms in total. The summed E-state index contributed by atoms with van der Waals surface area (Å²) in [4.78, 5) is 24.5. The van der Waals surface area contributed by atoms with Gasteiger partial charge in [0.2, 0.25) is 11.8 Å². The standard InChI is InChI=1S/C13H18BrN3O2/c14-11-5-3-10(4-6-11)8-17(9-12(16)18)13(19)2-1-7-15/h3-6H,1-2,7-9,15H2,(H2,16,18). The second kappa shape index (κ2) is 7.91. The Bertz CT molecular complexity index is 434. The fraction of sp³-hybridized carbons (Fsp3) is 0.385. The molecule has 0 saturated carbocycles. The quantitative estimate of drug-likeness (QED) is 0.782. The Morgan fingerprint density at radius 3 is 2.37 bits per heavy atom. The second-order valence-corrected chi connectivity index (χ2v) is 5.15. The number of hydrogen-bond acceptors (Lipinski definition) is 3. The third kappa shape index (κ3) is 5.85. The first-order valence-corrected chi connectivity index (χ1v) is 6.83. The van der Waals surface area contributed by atoms with Crippen LogP contribution in [-0.4, -0.2) is 29.8 Å². The van der Waals surface area contributed by atoms with Crippen LogP contribution in [0.3, 0.4) is 0 Å². The molecule has 0 fully saturated rings. The van der Waals surface area contributed by atoms with E-state index >= 15 is 0 Å². The van der Waals surface area contributed by atoms with Gasteiger partial charge in [0, 0.05) is 17.4 Å². The van der Waals surface area contributed by atoms with Gasteiger partial charge in [0.25, 0.3) is 0 Å². The minimum Gasteiger partial charge on any atom is -0.368 e. The van der Waals surface area contributed by atoms with Crippen LogP contribution in [0.2, 0.25) is 0 Å². The summed E-state index contributed by atoms with van der Waals surface area (Å²) in [5.74, 6) is -0.620. The molecule has 0 spiro atoms. The number of carbonyl (C=O) groups is 2. The number of rotatable bonds is 7. The summed E-state index contributed by atoms with van der Waals surface area (Å²) in [5.41, 5.74) is 11.5. The highest BCUT2D eigenvalue weighted by Gasteiger charge is 2.15. The maximum Gasteiger partial charge on any atom is 0.237 e. The zero-order chi connectivity index (χ0) is 14.3. The molecule has 0 bridgehead atoms. The first-order chi connectivity index (χ1) is 9.02. The van der Waals surface area contributed by atoms with Crippen LogP contribution in [0.4, 0.5) is 0 Å². The highest BCUT2D eigenvalue weighted by atomic mass is 79.9. The van der Waals surface area contributed by atoms with E-state index in [0.717, 1.165) is 10.0 Å². The smallest absolute Gasteiger partial charge is 0.237 e. The molecule has 1 aromatic carbocycles. The topological polar surface area (TPSA) is 89.4 Å². The van der Waals surface area contributed by atoms with Crippen LogP contribution in [0.1, 0.15) is 18.4 Å². The van der Waals surface area contributed by atoms with Crippen LogP contribution in [0.15, 0.2) is 28.7 Å². The first kappa shape index (κ1) is 15.7. The van der Waals surface area contributed by atoms with Gasteiger partial charge in [-0.25, -0.2) is 0 Å². The molecular formula is C13H18BrN3O2. The first-order valence-electron chi connectivity index (χ1n) is 6.03. The van der Waals surface area contributed by atoms with Crippen LogP contribution < -0.4 is 11.5 Å². The number of nitrogens with two attached hydrogens (primary N) is 2. The van der Waals surface area contributed by atoms with E-state index in [4.69, 9.17) is 11.5 Å². The Kier molecular flexibility index (Phi) is 6.52. The summed E-state index contributed by atoms with van der Waals surface area (Å²) in [6.45, 7) is 0.757. The fourth-order valence-corrected chi connectivity index (χ4v) is 1.91. The van der Waals surface area contributed by atoms with E-state index in [0.29, 0.717) is 25.9 Å². The number of benzene rings is 1. The summed E-state index contributed by atoms with van der Waals surface area (Å²) in [6.07, 6.45) is 0.939. The lowest BCUT2D eigenvalue weighted by atomic mass is 10.2. The molecule has 0 unspecified atom stereocenters. The van der Waals surface area contributed by atoms with E-state index in [2.05, 4.69) is 15.9 Å². The summed E-state index contributed by atoms with van der Waals surface area (Å²) < 4.78 is 0.965. The van der Waals surface area contributed by atoms with Gasteiger partial charge < -0.3 is 16.4 Å². The van der Waals surface area contributed by atoms with Crippen LogP contribution in [-0.2, 0) is 16.1 Å². The van der Waals surface area contributed by atoms with Gasteiger partial charge >= 0.3 is 0 Å². The molecule has 0 aromatic heterocycles. The zero-order valence-corrected chi connectivity index (χ0v) is 12.2. The van der Waals surface area contributed by atoms with Crippen molar-refractivity contribution in [3.05, 3.63) is 34.3 Å². The number of halogens is 1. The van der Waals surface area contributed by atoms with Crippen molar-refractivity contribution in [1.29, 1.82) is 0 Å². The predicted octanol–water partition coefficient (Wildman–Crippen LogP) is 1.00. The second-order valence-electron chi connectivity index (χ2n) is 4.23. The molecular weight excluding hydrogens is 310 g/mol. The van der Waals surface area contributed by atoms with Crippen LogP contribution >= 0.6 is 15.9 Å². The molecule has 0 radical (unpaired) electrons. The monoisotopic (exact) mass is 327 g/mol. The Morgan fingerprint density at radius 2 is 1.84 bits per heavy atom. The zero-order valence-electron chi connectivity index (χ0n) is 10.6. The number of carbonyl (C=O) groups excluding carboxylic acids is 2. The average molecular weight is 328 g/mol. The van der Waals surface area contributed by atoms with Gasteiger partial charge in [0.05, 0.1) is 6.54 Å². The molecule has 1 rings (SSSR count).